The number of aliphatic hydroxyl groups excluding tert-OH is 1. The van der Waals surface area contributed by atoms with Gasteiger partial charge in [-0.1, -0.05) is 29.8 Å². The van der Waals surface area contributed by atoms with E-state index in [1.54, 1.807) is 17.3 Å². The number of aryl methyl sites for hydroxylation is 1. The number of carbonyl (C=O) groups excluding carboxylic acids is 1. The lowest BCUT2D eigenvalue weighted by Crippen LogP contribution is -2.55. The molecule has 6 nitrogen and oxygen atoms in total. The minimum Gasteiger partial charge on any atom is -0.391 e. The summed E-state index contributed by atoms with van der Waals surface area (Å²) in [5.41, 5.74) is 4.16. The van der Waals surface area contributed by atoms with Crippen LogP contribution in [0.5, 0.6) is 0 Å². The molecule has 2 unspecified atom stereocenters. The van der Waals surface area contributed by atoms with E-state index < -0.39 is 6.10 Å². The number of urea groups is 1. The summed E-state index contributed by atoms with van der Waals surface area (Å²) in [5.74, 6) is 0.689. The molecule has 3 aromatic rings. The van der Waals surface area contributed by atoms with Crippen LogP contribution >= 0.6 is 11.6 Å². The summed E-state index contributed by atoms with van der Waals surface area (Å²) in [6, 6.07) is 12.6. The number of aliphatic hydroxyl groups is 1. The van der Waals surface area contributed by atoms with E-state index in [-0.39, 0.29) is 18.0 Å². The molecule has 3 atom stereocenters. The molecule has 1 saturated carbocycles. The van der Waals surface area contributed by atoms with Gasteiger partial charge in [-0.25, -0.2) is 9.78 Å². The van der Waals surface area contributed by atoms with E-state index in [4.69, 9.17) is 16.6 Å². The zero-order valence-electron chi connectivity index (χ0n) is 15.7. The van der Waals surface area contributed by atoms with Crippen LogP contribution in [-0.4, -0.2) is 33.3 Å². The highest BCUT2D eigenvalue weighted by Crippen LogP contribution is 2.51. The Kier molecular flexibility index (Phi) is 4.26. The zero-order valence-corrected chi connectivity index (χ0v) is 16.5. The summed E-state index contributed by atoms with van der Waals surface area (Å²) in [5, 5.41) is 13.9. The number of amides is 2. The van der Waals surface area contributed by atoms with Crippen LogP contribution in [0.3, 0.4) is 0 Å². The molecule has 1 aliphatic heterocycles. The highest BCUT2D eigenvalue weighted by Gasteiger charge is 2.54. The summed E-state index contributed by atoms with van der Waals surface area (Å²) in [6.07, 6.45) is 3.40. The molecule has 2 aliphatic rings. The van der Waals surface area contributed by atoms with Gasteiger partial charge in [0.05, 0.1) is 29.7 Å². The molecule has 7 heteroatoms. The lowest BCUT2D eigenvalue weighted by atomic mass is 9.75. The first-order chi connectivity index (χ1) is 14.0. The monoisotopic (exact) mass is 406 g/mol. The Morgan fingerprint density at radius 1 is 1.24 bits per heavy atom. The molecule has 5 rings (SSSR count). The van der Waals surface area contributed by atoms with Crippen LogP contribution < -0.4 is 10.2 Å². The van der Waals surface area contributed by atoms with Crippen LogP contribution in [0.4, 0.5) is 16.3 Å². The van der Waals surface area contributed by atoms with Crippen molar-refractivity contribution in [1.82, 2.24) is 9.97 Å². The highest BCUT2D eigenvalue weighted by molar-refractivity contribution is 6.30. The molecule has 146 valence electrons. The van der Waals surface area contributed by atoms with Crippen LogP contribution in [-0.2, 0) is 0 Å². The standard InChI is InChI=1S/C22H19ClN4O2/c1-12-7-15(11-24-10-12)25-22(29)27-20-17(9-19(20)28)16-5-6-18(26-21(16)27)13-3-2-4-14(23)8-13/h2-8,10-11,17,19-20,28H,9H2,1H3,(H,25,29)/t17?,19-,20?/m1/s1. The molecule has 0 radical (unpaired) electrons. The first-order valence-electron chi connectivity index (χ1n) is 9.48. The van der Waals surface area contributed by atoms with E-state index in [9.17, 15) is 9.90 Å². The second-order valence-corrected chi connectivity index (χ2v) is 8.01. The van der Waals surface area contributed by atoms with Crippen molar-refractivity contribution in [2.24, 2.45) is 0 Å². The van der Waals surface area contributed by atoms with Gasteiger partial charge in [0.2, 0.25) is 0 Å². The van der Waals surface area contributed by atoms with Crippen LogP contribution in [0.1, 0.15) is 23.5 Å². The Hall–Kier alpha value is -2.96. The summed E-state index contributed by atoms with van der Waals surface area (Å²) < 4.78 is 0. The maximum atomic E-state index is 13.1. The lowest BCUT2D eigenvalue weighted by Gasteiger charge is -2.40. The van der Waals surface area contributed by atoms with Crippen molar-refractivity contribution in [3.8, 4) is 11.3 Å². The second-order valence-electron chi connectivity index (χ2n) is 7.57. The third kappa shape index (κ3) is 3.05. The Labute approximate surface area is 173 Å². The quantitative estimate of drug-likeness (QED) is 0.662. The number of hydrogen-bond donors (Lipinski definition) is 2. The van der Waals surface area contributed by atoms with Crippen molar-refractivity contribution in [1.29, 1.82) is 0 Å². The van der Waals surface area contributed by atoms with Gasteiger partial charge in [-0.05, 0) is 43.2 Å². The first kappa shape index (κ1) is 18.1. The fourth-order valence-electron chi connectivity index (χ4n) is 4.20. The van der Waals surface area contributed by atoms with Crippen molar-refractivity contribution in [2.45, 2.75) is 31.4 Å². The fraction of sp³-hybridized carbons (Fsp3) is 0.227. The molecule has 3 heterocycles. The largest absolute Gasteiger partial charge is 0.391 e. The SMILES string of the molecule is Cc1cncc(NC(=O)N2c3nc(-c4cccc(Cl)c4)ccc3C3C[C@@H](O)C32)c1. The topological polar surface area (TPSA) is 78.4 Å². The zero-order chi connectivity index (χ0) is 20.1. The molecule has 2 N–H and O–H groups in total. The van der Waals surface area contributed by atoms with Crippen LogP contribution in [0.15, 0.2) is 54.9 Å². The number of nitrogens with zero attached hydrogens (tertiary/aromatic N) is 3. The average Bonchev–Trinajstić information content (AvgIpc) is 2.96. The van der Waals surface area contributed by atoms with Crippen molar-refractivity contribution >= 4 is 29.1 Å². The van der Waals surface area contributed by atoms with Gasteiger partial charge in [0.15, 0.2) is 0 Å². The number of hydrogen-bond acceptors (Lipinski definition) is 4. The number of nitrogens with one attached hydrogen (secondary N) is 1. The minimum absolute atomic E-state index is 0.0993. The van der Waals surface area contributed by atoms with Crippen molar-refractivity contribution in [2.75, 3.05) is 10.2 Å². The Bertz CT molecular complexity index is 1120. The van der Waals surface area contributed by atoms with E-state index in [0.717, 1.165) is 22.4 Å². The van der Waals surface area contributed by atoms with E-state index in [0.29, 0.717) is 22.9 Å². The molecular formula is C22H19ClN4O2. The van der Waals surface area contributed by atoms with Gasteiger partial charge >= 0.3 is 6.03 Å². The molecule has 0 spiro atoms. The van der Waals surface area contributed by atoms with E-state index in [1.165, 1.54) is 0 Å². The third-order valence-electron chi connectivity index (χ3n) is 5.60. The number of anilines is 2. The van der Waals surface area contributed by atoms with Crippen molar-refractivity contribution < 1.29 is 9.90 Å². The third-order valence-corrected chi connectivity index (χ3v) is 5.83. The van der Waals surface area contributed by atoms with Gasteiger partial charge in [-0.15, -0.1) is 0 Å². The van der Waals surface area contributed by atoms with Crippen molar-refractivity contribution in [3.05, 3.63) is 71.0 Å². The lowest BCUT2D eigenvalue weighted by molar-refractivity contribution is 0.0540. The first-order valence-corrected chi connectivity index (χ1v) is 9.86. The Balaban J connectivity index is 1.52. The highest BCUT2D eigenvalue weighted by atomic mass is 35.5. The van der Waals surface area contributed by atoms with Gasteiger partial charge in [-0.2, -0.15) is 0 Å². The molecule has 1 aliphatic carbocycles. The average molecular weight is 407 g/mol. The Morgan fingerprint density at radius 2 is 2.10 bits per heavy atom. The normalized spacial score (nSPS) is 21.9. The molecule has 2 aromatic heterocycles. The molecule has 1 aromatic carbocycles. The summed E-state index contributed by atoms with van der Waals surface area (Å²) >= 11 is 6.13. The molecule has 2 amide bonds. The number of pyridine rings is 2. The number of aromatic nitrogens is 2. The Morgan fingerprint density at radius 3 is 2.86 bits per heavy atom. The molecule has 29 heavy (non-hydrogen) atoms. The summed E-state index contributed by atoms with van der Waals surface area (Å²) in [4.78, 5) is 23.6. The molecular weight excluding hydrogens is 388 g/mol. The second kappa shape index (κ2) is 6.83. The van der Waals surface area contributed by atoms with Gasteiger partial charge in [0.1, 0.15) is 5.82 Å². The van der Waals surface area contributed by atoms with Crippen LogP contribution in [0, 0.1) is 6.92 Å². The fourth-order valence-corrected chi connectivity index (χ4v) is 4.39. The molecule has 1 fully saturated rings. The maximum absolute atomic E-state index is 13.1. The summed E-state index contributed by atoms with van der Waals surface area (Å²) in [7, 11) is 0. The van der Waals surface area contributed by atoms with Crippen LogP contribution in [0.25, 0.3) is 11.3 Å². The number of fused-ring (bicyclic) bond motifs is 3. The number of halogens is 1. The van der Waals surface area contributed by atoms with E-state index in [1.807, 2.05) is 49.4 Å². The van der Waals surface area contributed by atoms with Gasteiger partial charge in [0.25, 0.3) is 0 Å². The van der Waals surface area contributed by atoms with E-state index in [2.05, 4.69) is 10.3 Å². The van der Waals surface area contributed by atoms with Crippen LogP contribution in [0.2, 0.25) is 5.02 Å². The van der Waals surface area contributed by atoms with E-state index >= 15 is 0 Å². The number of benzene rings is 1. The number of rotatable bonds is 2. The van der Waals surface area contributed by atoms with Crippen molar-refractivity contribution in [3.63, 3.8) is 0 Å². The van der Waals surface area contributed by atoms with Gasteiger partial charge < -0.3 is 10.4 Å². The number of carbonyl (C=O) groups is 1. The summed E-state index contributed by atoms with van der Waals surface area (Å²) in [6.45, 7) is 1.92. The van der Waals surface area contributed by atoms with Gasteiger partial charge in [-0.3, -0.25) is 9.88 Å². The maximum Gasteiger partial charge on any atom is 0.327 e. The predicted octanol–water partition coefficient (Wildman–Crippen LogP) is 4.37. The minimum atomic E-state index is -0.565. The molecule has 0 bridgehead atoms. The molecule has 0 saturated heterocycles. The predicted molar refractivity (Wildman–Crippen MR) is 112 cm³/mol. The van der Waals surface area contributed by atoms with Gasteiger partial charge in [0, 0.05) is 28.3 Å². The smallest absolute Gasteiger partial charge is 0.327 e.